The maximum Gasteiger partial charge on any atom is 0.387 e. The number of hydrogen-bond donors (Lipinski definition) is 2. The summed E-state index contributed by atoms with van der Waals surface area (Å²) in [7, 11) is 1.47. The third-order valence-corrected chi connectivity index (χ3v) is 2.67. The molecule has 0 aliphatic rings. The van der Waals surface area contributed by atoms with Crippen LogP contribution in [0.15, 0.2) is 23.2 Å². The number of guanidine groups is 1. The highest BCUT2D eigenvalue weighted by molar-refractivity contribution is 14.0. The van der Waals surface area contributed by atoms with Gasteiger partial charge in [-0.2, -0.15) is 8.78 Å². The normalized spacial score (nSPS) is 11.2. The minimum atomic E-state index is -2.89. The van der Waals surface area contributed by atoms with Crippen LogP contribution in [0.3, 0.4) is 0 Å². The molecule has 0 saturated heterocycles. The number of methoxy groups -OCH3 is 1. The Kier molecular flexibility index (Phi) is 10.6. The number of aliphatic imine (C=N–C) groups is 1. The average Bonchev–Trinajstić information content (AvgIpc) is 2.44. The van der Waals surface area contributed by atoms with E-state index in [0.29, 0.717) is 23.8 Å². The van der Waals surface area contributed by atoms with E-state index in [1.165, 1.54) is 13.2 Å². The Morgan fingerprint density at radius 2 is 2.00 bits per heavy atom. The lowest BCUT2D eigenvalue weighted by Gasteiger charge is -2.15. The average molecular weight is 443 g/mol. The van der Waals surface area contributed by atoms with Crippen molar-refractivity contribution in [3.63, 3.8) is 0 Å². The SMILES string of the molecule is CCNC(=NCc1ccc(OC)cc1OC(F)F)NC(C)C.I. The van der Waals surface area contributed by atoms with E-state index in [4.69, 9.17) is 4.74 Å². The standard InChI is InChI=1S/C15H23F2N3O2.HI/c1-5-18-15(20-10(2)3)19-9-11-6-7-12(21-4)8-13(11)22-14(16)17;/h6-8,10,14H,5,9H2,1-4H3,(H2,18,19,20);1H. The molecule has 0 aliphatic heterocycles. The maximum atomic E-state index is 12.5. The molecule has 1 rings (SSSR count). The topological polar surface area (TPSA) is 54.9 Å². The molecule has 0 fully saturated rings. The summed E-state index contributed by atoms with van der Waals surface area (Å²) in [6.45, 7) is 3.97. The van der Waals surface area contributed by atoms with E-state index in [9.17, 15) is 8.78 Å². The first-order valence-corrected chi connectivity index (χ1v) is 7.12. The first-order valence-electron chi connectivity index (χ1n) is 7.12. The lowest BCUT2D eigenvalue weighted by molar-refractivity contribution is -0.0505. The van der Waals surface area contributed by atoms with Crippen LogP contribution in [0.4, 0.5) is 8.78 Å². The van der Waals surface area contributed by atoms with Gasteiger partial charge in [0.1, 0.15) is 11.5 Å². The largest absolute Gasteiger partial charge is 0.497 e. The van der Waals surface area contributed by atoms with Gasteiger partial charge in [-0.15, -0.1) is 24.0 Å². The van der Waals surface area contributed by atoms with Crippen LogP contribution in [0, 0.1) is 0 Å². The van der Waals surface area contributed by atoms with Gasteiger partial charge in [0.15, 0.2) is 5.96 Å². The molecule has 0 radical (unpaired) electrons. The minimum absolute atomic E-state index is 0. The second kappa shape index (κ2) is 11.3. The van der Waals surface area contributed by atoms with Crippen molar-refractivity contribution < 1.29 is 18.3 Å². The Morgan fingerprint density at radius 1 is 1.30 bits per heavy atom. The fourth-order valence-corrected chi connectivity index (χ4v) is 1.76. The van der Waals surface area contributed by atoms with E-state index < -0.39 is 6.61 Å². The number of hydrogen-bond acceptors (Lipinski definition) is 3. The summed E-state index contributed by atoms with van der Waals surface area (Å²) in [6, 6.07) is 5.00. The maximum absolute atomic E-state index is 12.5. The number of benzene rings is 1. The summed E-state index contributed by atoms with van der Waals surface area (Å²) in [5.74, 6) is 1.14. The highest BCUT2D eigenvalue weighted by Gasteiger charge is 2.11. The molecule has 0 aromatic heterocycles. The predicted molar refractivity (Wildman–Crippen MR) is 98.1 cm³/mol. The van der Waals surface area contributed by atoms with Crippen LogP contribution >= 0.6 is 24.0 Å². The second-order valence-corrected chi connectivity index (χ2v) is 4.85. The monoisotopic (exact) mass is 443 g/mol. The molecule has 132 valence electrons. The fourth-order valence-electron chi connectivity index (χ4n) is 1.76. The highest BCUT2D eigenvalue weighted by Crippen LogP contribution is 2.27. The van der Waals surface area contributed by atoms with Gasteiger partial charge in [0.25, 0.3) is 0 Å². The van der Waals surface area contributed by atoms with Crippen molar-refractivity contribution in [3.05, 3.63) is 23.8 Å². The molecule has 0 saturated carbocycles. The molecule has 0 bridgehead atoms. The van der Waals surface area contributed by atoms with Gasteiger partial charge in [0.2, 0.25) is 0 Å². The zero-order valence-electron chi connectivity index (χ0n) is 13.7. The molecule has 0 unspecified atom stereocenters. The summed E-state index contributed by atoms with van der Waals surface area (Å²) in [5.41, 5.74) is 0.557. The quantitative estimate of drug-likeness (QED) is 0.386. The summed E-state index contributed by atoms with van der Waals surface area (Å²) in [4.78, 5) is 4.38. The summed E-state index contributed by atoms with van der Waals surface area (Å²) in [5, 5.41) is 6.25. The fraction of sp³-hybridized carbons (Fsp3) is 0.533. The first-order chi connectivity index (χ1) is 10.5. The lowest BCUT2D eigenvalue weighted by Crippen LogP contribution is -2.41. The van der Waals surface area contributed by atoms with Crippen molar-refractivity contribution in [1.82, 2.24) is 10.6 Å². The van der Waals surface area contributed by atoms with Crippen molar-refractivity contribution in [2.75, 3.05) is 13.7 Å². The van der Waals surface area contributed by atoms with Crippen LogP contribution in [-0.4, -0.2) is 32.3 Å². The Hall–Kier alpha value is -1.32. The summed E-state index contributed by atoms with van der Waals surface area (Å²) < 4.78 is 34.6. The summed E-state index contributed by atoms with van der Waals surface area (Å²) >= 11 is 0. The van der Waals surface area contributed by atoms with Gasteiger partial charge in [0, 0.05) is 24.2 Å². The van der Waals surface area contributed by atoms with Crippen LogP contribution in [0.1, 0.15) is 26.3 Å². The Labute approximate surface area is 152 Å². The summed E-state index contributed by atoms with van der Waals surface area (Å²) in [6.07, 6.45) is 0. The molecule has 23 heavy (non-hydrogen) atoms. The van der Waals surface area contributed by atoms with Gasteiger partial charge in [-0.1, -0.05) is 0 Å². The van der Waals surface area contributed by atoms with Crippen molar-refractivity contribution in [2.24, 2.45) is 4.99 Å². The molecule has 1 aromatic rings. The predicted octanol–water partition coefficient (Wildman–Crippen LogP) is 3.38. The molecule has 0 heterocycles. The highest BCUT2D eigenvalue weighted by atomic mass is 127. The van der Waals surface area contributed by atoms with Gasteiger partial charge >= 0.3 is 6.61 Å². The molecule has 2 N–H and O–H groups in total. The van der Waals surface area contributed by atoms with Gasteiger partial charge in [-0.25, -0.2) is 4.99 Å². The zero-order valence-corrected chi connectivity index (χ0v) is 16.1. The third kappa shape index (κ3) is 8.19. The Bertz CT molecular complexity index is 500. The molecule has 0 spiro atoms. The van der Waals surface area contributed by atoms with Crippen LogP contribution in [0.5, 0.6) is 11.5 Å². The van der Waals surface area contributed by atoms with Gasteiger partial charge in [0.05, 0.1) is 13.7 Å². The number of nitrogens with zero attached hydrogens (tertiary/aromatic N) is 1. The molecule has 5 nitrogen and oxygen atoms in total. The minimum Gasteiger partial charge on any atom is -0.497 e. The Morgan fingerprint density at radius 3 is 2.52 bits per heavy atom. The van der Waals surface area contributed by atoms with Crippen LogP contribution in [0.25, 0.3) is 0 Å². The molecular weight excluding hydrogens is 419 g/mol. The van der Waals surface area contributed by atoms with Crippen LogP contribution in [-0.2, 0) is 6.54 Å². The van der Waals surface area contributed by atoms with Crippen LogP contribution in [0.2, 0.25) is 0 Å². The van der Waals surface area contributed by atoms with Gasteiger partial charge in [-0.3, -0.25) is 0 Å². The van der Waals surface area contributed by atoms with E-state index in [1.54, 1.807) is 12.1 Å². The van der Waals surface area contributed by atoms with Crippen LogP contribution < -0.4 is 20.1 Å². The second-order valence-electron chi connectivity index (χ2n) is 4.85. The smallest absolute Gasteiger partial charge is 0.387 e. The van der Waals surface area contributed by atoms with Crippen molar-refractivity contribution in [2.45, 2.75) is 40.0 Å². The molecule has 0 amide bonds. The van der Waals surface area contributed by atoms with Crippen molar-refractivity contribution >= 4 is 29.9 Å². The van der Waals surface area contributed by atoms with Crippen molar-refractivity contribution in [1.29, 1.82) is 0 Å². The Balaban J connectivity index is 0.00000484. The van der Waals surface area contributed by atoms with E-state index in [1.807, 2.05) is 20.8 Å². The van der Waals surface area contributed by atoms with E-state index in [0.717, 1.165) is 0 Å². The number of nitrogens with one attached hydrogen (secondary N) is 2. The molecule has 8 heteroatoms. The molecular formula is C15H24F2IN3O2. The van der Waals surface area contributed by atoms with E-state index in [-0.39, 0.29) is 42.3 Å². The zero-order chi connectivity index (χ0) is 16.5. The molecule has 0 atom stereocenters. The lowest BCUT2D eigenvalue weighted by atomic mass is 10.2. The molecule has 0 aliphatic carbocycles. The van der Waals surface area contributed by atoms with Crippen molar-refractivity contribution in [3.8, 4) is 11.5 Å². The number of ether oxygens (including phenoxy) is 2. The van der Waals surface area contributed by atoms with E-state index >= 15 is 0 Å². The molecule has 1 aromatic carbocycles. The first kappa shape index (κ1) is 21.7. The van der Waals surface area contributed by atoms with E-state index in [2.05, 4.69) is 20.4 Å². The van der Waals surface area contributed by atoms with Gasteiger partial charge < -0.3 is 20.1 Å². The number of rotatable bonds is 7. The number of halogens is 3. The van der Waals surface area contributed by atoms with Gasteiger partial charge in [-0.05, 0) is 32.9 Å². The third-order valence-electron chi connectivity index (χ3n) is 2.67. The number of alkyl halides is 2.